The zero-order chi connectivity index (χ0) is 11.7. The van der Waals surface area contributed by atoms with Crippen molar-refractivity contribution in [2.45, 2.75) is 25.3 Å². The summed E-state index contributed by atoms with van der Waals surface area (Å²) in [5.41, 5.74) is 3.80. The highest BCUT2D eigenvalue weighted by Crippen LogP contribution is 2.34. The lowest BCUT2D eigenvalue weighted by molar-refractivity contribution is 0.465. The predicted molar refractivity (Wildman–Crippen MR) is 71.4 cm³/mol. The highest BCUT2D eigenvalue weighted by Gasteiger charge is 2.28. The largest absolute Gasteiger partial charge is 0.310 e. The van der Waals surface area contributed by atoms with Crippen LogP contribution < -0.4 is 5.32 Å². The topological polar surface area (TPSA) is 24.9 Å². The number of hydrogen-bond donors (Lipinski definition) is 1. The SMILES string of the molecule is C=Cc1cncc(C2=C[C@@H]3NCC[C@@H]3CC2)c1. The van der Waals surface area contributed by atoms with Gasteiger partial charge in [-0.1, -0.05) is 18.7 Å². The van der Waals surface area contributed by atoms with E-state index in [0.717, 1.165) is 11.5 Å². The summed E-state index contributed by atoms with van der Waals surface area (Å²) < 4.78 is 0. The van der Waals surface area contributed by atoms with Crippen molar-refractivity contribution in [1.29, 1.82) is 0 Å². The minimum atomic E-state index is 0.589. The second-order valence-electron chi connectivity index (χ2n) is 4.97. The molecule has 1 N–H and O–H groups in total. The maximum absolute atomic E-state index is 4.28. The predicted octanol–water partition coefficient (Wildman–Crippen LogP) is 2.88. The molecule has 0 saturated carbocycles. The molecule has 2 atom stereocenters. The van der Waals surface area contributed by atoms with Crippen LogP contribution in [0.25, 0.3) is 11.6 Å². The van der Waals surface area contributed by atoms with Gasteiger partial charge in [0, 0.05) is 18.4 Å². The Hall–Kier alpha value is -1.41. The van der Waals surface area contributed by atoms with Gasteiger partial charge < -0.3 is 5.32 Å². The summed E-state index contributed by atoms with van der Waals surface area (Å²) in [5, 5.41) is 3.57. The number of pyridine rings is 1. The first-order valence-corrected chi connectivity index (χ1v) is 6.39. The summed E-state index contributed by atoms with van der Waals surface area (Å²) in [6.07, 6.45) is 11.9. The van der Waals surface area contributed by atoms with Gasteiger partial charge in [0.05, 0.1) is 0 Å². The summed E-state index contributed by atoms with van der Waals surface area (Å²) in [6, 6.07) is 2.77. The van der Waals surface area contributed by atoms with Crippen molar-refractivity contribution in [3.8, 4) is 0 Å². The number of fused-ring (bicyclic) bond motifs is 1. The Labute approximate surface area is 102 Å². The molecule has 0 spiro atoms. The highest BCUT2D eigenvalue weighted by molar-refractivity contribution is 5.68. The minimum absolute atomic E-state index is 0.589. The van der Waals surface area contributed by atoms with Crippen LogP contribution in [-0.2, 0) is 0 Å². The summed E-state index contributed by atoms with van der Waals surface area (Å²) in [5.74, 6) is 0.856. The summed E-state index contributed by atoms with van der Waals surface area (Å²) in [7, 11) is 0. The molecule has 1 aliphatic heterocycles. The van der Waals surface area contributed by atoms with Gasteiger partial charge in [0.25, 0.3) is 0 Å². The van der Waals surface area contributed by atoms with Gasteiger partial charge in [-0.15, -0.1) is 0 Å². The van der Waals surface area contributed by atoms with E-state index in [-0.39, 0.29) is 0 Å². The standard InChI is InChI=1S/C15H18N2/c1-2-11-7-14(10-16-9-11)13-4-3-12-5-6-17-15(12)8-13/h2,7-10,12,15,17H,1,3-6H2/t12-,15-/m0/s1. The molecule has 17 heavy (non-hydrogen) atoms. The lowest BCUT2D eigenvalue weighted by Gasteiger charge is -2.24. The average molecular weight is 226 g/mol. The van der Waals surface area contributed by atoms with E-state index >= 15 is 0 Å². The van der Waals surface area contributed by atoms with Crippen molar-refractivity contribution in [3.63, 3.8) is 0 Å². The fraction of sp³-hybridized carbons (Fsp3) is 0.400. The van der Waals surface area contributed by atoms with Gasteiger partial charge in [0.15, 0.2) is 0 Å². The Morgan fingerprint density at radius 1 is 1.35 bits per heavy atom. The molecule has 3 rings (SSSR count). The van der Waals surface area contributed by atoms with E-state index < -0.39 is 0 Å². The van der Waals surface area contributed by atoms with E-state index in [1.807, 2.05) is 18.5 Å². The van der Waals surface area contributed by atoms with Crippen LogP contribution in [0.15, 0.2) is 31.1 Å². The molecular formula is C15H18N2. The molecule has 0 aromatic carbocycles. The molecule has 0 amide bonds. The first-order chi connectivity index (χ1) is 8.36. The lowest BCUT2D eigenvalue weighted by atomic mass is 9.84. The van der Waals surface area contributed by atoms with Crippen molar-refractivity contribution in [1.82, 2.24) is 10.3 Å². The Morgan fingerprint density at radius 3 is 3.18 bits per heavy atom. The number of hydrogen-bond acceptors (Lipinski definition) is 2. The Morgan fingerprint density at radius 2 is 2.29 bits per heavy atom. The van der Waals surface area contributed by atoms with Crippen molar-refractivity contribution in [2.24, 2.45) is 5.92 Å². The van der Waals surface area contributed by atoms with Gasteiger partial charge in [0.2, 0.25) is 0 Å². The Balaban J connectivity index is 1.90. The number of nitrogens with zero attached hydrogens (tertiary/aromatic N) is 1. The van der Waals surface area contributed by atoms with Crippen LogP contribution in [0.3, 0.4) is 0 Å². The fourth-order valence-corrected chi connectivity index (χ4v) is 2.93. The lowest BCUT2D eigenvalue weighted by Crippen LogP contribution is -2.27. The van der Waals surface area contributed by atoms with Crippen LogP contribution in [0.4, 0.5) is 0 Å². The van der Waals surface area contributed by atoms with Gasteiger partial charge >= 0.3 is 0 Å². The van der Waals surface area contributed by atoms with Crippen LogP contribution >= 0.6 is 0 Å². The van der Waals surface area contributed by atoms with Crippen molar-refractivity contribution in [2.75, 3.05) is 6.54 Å². The average Bonchev–Trinajstić information content (AvgIpc) is 2.86. The third-order valence-corrected chi connectivity index (χ3v) is 3.93. The summed E-state index contributed by atoms with van der Waals surface area (Å²) >= 11 is 0. The van der Waals surface area contributed by atoms with Gasteiger partial charge in [0.1, 0.15) is 0 Å². The molecule has 1 aliphatic carbocycles. The van der Waals surface area contributed by atoms with E-state index in [9.17, 15) is 0 Å². The quantitative estimate of drug-likeness (QED) is 0.838. The van der Waals surface area contributed by atoms with E-state index in [0.29, 0.717) is 6.04 Å². The third-order valence-electron chi connectivity index (χ3n) is 3.93. The normalized spacial score (nSPS) is 27.4. The van der Waals surface area contributed by atoms with Crippen LogP contribution in [-0.4, -0.2) is 17.6 Å². The second-order valence-corrected chi connectivity index (χ2v) is 4.97. The maximum Gasteiger partial charge on any atom is 0.0343 e. The summed E-state index contributed by atoms with van der Waals surface area (Å²) in [4.78, 5) is 4.28. The Bertz CT molecular complexity index is 462. The maximum atomic E-state index is 4.28. The zero-order valence-corrected chi connectivity index (χ0v) is 10.0. The highest BCUT2D eigenvalue weighted by atomic mass is 14.9. The van der Waals surface area contributed by atoms with E-state index in [2.05, 4.69) is 29.0 Å². The molecule has 2 heteroatoms. The van der Waals surface area contributed by atoms with E-state index in [1.54, 1.807) is 0 Å². The van der Waals surface area contributed by atoms with E-state index in [1.165, 1.54) is 36.9 Å². The van der Waals surface area contributed by atoms with Gasteiger partial charge in [-0.3, -0.25) is 4.98 Å². The molecule has 0 bridgehead atoms. The number of allylic oxidation sites excluding steroid dienone is 1. The number of rotatable bonds is 2. The first kappa shape index (κ1) is 10.7. The molecule has 1 saturated heterocycles. The molecule has 1 aromatic rings. The molecular weight excluding hydrogens is 208 g/mol. The third kappa shape index (κ3) is 2.05. The Kier molecular flexibility index (Phi) is 2.81. The minimum Gasteiger partial charge on any atom is -0.310 e. The molecule has 0 radical (unpaired) electrons. The van der Waals surface area contributed by atoms with Crippen molar-refractivity contribution in [3.05, 3.63) is 42.2 Å². The smallest absolute Gasteiger partial charge is 0.0343 e. The monoisotopic (exact) mass is 226 g/mol. The fourth-order valence-electron chi connectivity index (χ4n) is 2.93. The summed E-state index contributed by atoms with van der Waals surface area (Å²) in [6.45, 7) is 4.97. The number of aromatic nitrogens is 1. The number of nitrogens with one attached hydrogen (secondary N) is 1. The van der Waals surface area contributed by atoms with Crippen molar-refractivity contribution < 1.29 is 0 Å². The van der Waals surface area contributed by atoms with Crippen LogP contribution in [0.5, 0.6) is 0 Å². The molecule has 1 aromatic heterocycles. The van der Waals surface area contributed by atoms with Crippen molar-refractivity contribution >= 4 is 11.6 Å². The molecule has 88 valence electrons. The van der Waals surface area contributed by atoms with E-state index in [4.69, 9.17) is 0 Å². The molecule has 2 aliphatic rings. The first-order valence-electron chi connectivity index (χ1n) is 6.39. The molecule has 2 nitrogen and oxygen atoms in total. The molecule has 1 fully saturated rings. The molecule has 0 unspecified atom stereocenters. The zero-order valence-electron chi connectivity index (χ0n) is 10.0. The van der Waals surface area contributed by atoms with Gasteiger partial charge in [-0.2, -0.15) is 0 Å². The van der Waals surface area contributed by atoms with Crippen LogP contribution in [0.2, 0.25) is 0 Å². The van der Waals surface area contributed by atoms with Crippen LogP contribution in [0, 0.1) is 5.92 Å². The van der Waals surface area contributed by atoms with Crippen LogP contribution in [0.1, 0.15) is 30.4 Å². The van der Waals surface area contributed by atoms with Gasteiger partial charge in [-0.25, -0.2) is 0 Å². The molecule has 2 heterocycles. The second kappa shape index (κ2) is 4.46. The van der Waals surface area contributed by atoms with Gasteiger partial charge in [-0.05, 0) is 54.5 Å².